The lowest BCUT2D eigenvalue weighted by atomic mass is 9.77. The molecule has 0 amide bonds. The number of nitrogens with one attached hydrogen (secondary N) is 1. The summed E-state index contributed by atoms with van der Waals surface area (Å²) in [5, 5.41) is 3.74. The van der Waals surface area contributed by atoms with E-state index in [1.165, 1.54) is 31.5 Å². The second kappa shape index (κ2) is 6.47. The van der Waals surface area contributed by atoms with Crippen molar-refractivity contribution in [1.29, 1.82) is 0 Å². The largest absolute Gasteiger partial charge is 0.306 e. The van der Waals surface area contributed by atoms with Gasteiger partial charge in [0.05, 0.1) is 11.9 Å². The molecular weight excluding hydrogens is 239 g/mol. The van der Waals surface area contributed by atoms with Gasteiger partial charge in [-0.3, -0.25) is 4.98 Å². The van der Waals surface area contributed by atoms with Gasteiger partial charge in [-0.15, -0.1) is 0 Å². The van der Waals surface area contributed by atoms with Gasteiger partial charge in [-0.05, 0) is 36.8 Å². The van der Waals surface area contributed by atoms with Crippen LogP contribution in [0.25, 0.3) is 0 Å². The molecule has 0 aromatic carbocycles. The van der Waals surface area contributed by atoms with Crippen LogP contribution in [-0.2, 0) is 0 Å². The highest BCUT2D eigenvalue weighted by molar-refractivity contribution is 5.10. The van der Waals surface area contributed by atoms with E-state index in [2.05, 4.69) is 31.1 Å². The number of halogens is 1. The fourth-order valence-electron chi connectivity index (χ4n) is 3.08. The first-order valence-corrected chi connectivity index (χ1v) is 7.49. The lowest BCUT2D eigenvalue weighted by Gasteiger charge is -2.37. The van der Waals surface area contributed by atoms with Crippen LogP contribution in [0.1, 0.15) is 58.2 Å². The third-order valence-electron chi connectivity index (χ3n) is 4.64. The molecule has 0 bridgehead atoms. The van der Waals surface area contributed by atoms with Gasteiger partial charge < -0.3 is 5.32 Å². The summed E-state index contributed by atoms with van der Waals surface area (Å²) in [4.78, 5) is 4.22. The Balaban J connectivity index is 2.04. The highest BCUT2D eigenvalue weighted by Crippen LogP contribution is 2.31. The van der Waals surface area contributed by atoms with Crippen LogP contribution in [0.2, 0.25) is 0 Å². The zero-order valence-electron chi connectivity index (χ0n) is 12.2. The van der Waals surface area contributed by atoms with Crippen molar-refractivity contribution in [2.24, 2.45) is 11.8 Å². The van der Waals surface area contributed by atoms with Crippen LogP contribution in [-0.4, -0.2) is 11.0 Å². The molecule has 1 N–H and O–H groups in total. The van der Waals surface area contributed by atoms with E-state index in [0.29, 0.717) is 12.0 Å². The van der Waals surface area contributed by atoms with Gasteiger partial charge in [0.2, 0.25) is 0 Å². The van der Waals surface area contributed by atoms with Gasteiger partial charge in [0.25, 0.3) is 0 Å². The molecule has 0 spiro atoms. The second-order valence-electron chi connectivity index (χ2n) is 5.90. The maximum absolute atomic E-state index is 12.9. The number of aromatic nitrogens is 1. The second-order valence-corrected chi connectivity index (χ2v) is 5.90. The summed E-state index contributed by atoms with van der Waals surface area (Å²) in [6, 6.07) is 4.09. The molecule has 1 fully saturated rings. The van der Waals surface area contributed by atoms with E-state index in [-0.39, 0.29) is 11.9 Å². The molecule has 1 saturated carbocycles. The summed E-state index contributed by atoms with van der Waals surface area (Å²) in [6.07, 6.45) is 6.17. The third kappa shape index (κ3) is 3.53. The minimum absolute atomic E-state index is 0.235. The van der Waals surface area contributed by atoms with Crippen LogP contribution in [0.3, 0.4) is 0 Å². The molecule has 1 aromatic rings. The first-order chi connectivity index (χ1) is 9.11. The molecule has 3 heteroatoms. The maximum atomic E-state index is 12.9. The fourth-order valence-corrected chi connectivity index (χ4v) is 3.08. The van der Waals surface area contributed by atoms with Gasteiger partial charge in [-0.25, -0.2) is 4.39 Å². The van der Waals surface area contributed by atoms with E-state index in [0.717, 1.165) is 18.0 Å². The molecule has 4 atom stereocenters. The quantitative estimate of drug-likeness (QED) is 0.886. The van der Waals surface area contributed by atoms with E-state index >= 15 is 0 Å². The Morgan fingerprint density at radius 2 is 2.16 bits per heavy atom. The Morgan fingerprint density at radius 1 is 1.37 bits per heavy atom. The van der Waals surface area contributed by atoms with Gasteiger partial charge in [0.15, 0.2) is 0 Å². The summed E-state index contributed by atoms with van der Waals surface area (Å²) in [5.41, 5.74) is 0.953. The Hall–Kier alpha value is -0.960. The van der Waals surface area contributed by atoms with Crippen molar-refractivity contribution in [2.45, 2.75) is 58.5 Å². The summed E-state index contributed by atoms with van der Waals surface area (Å²) < 4.78 is 12.9. The highest BCUT2D eigenvalue weighted by Gasteiger charge is 2.28. The van der Waals surface area contributed by atoms with E-state index in [1.807, 2.05) is 0 Å². The summed E-state index contributed by atoms with van der Waals surface area (Å²) in [7, 11) is 0. The minimum atomic E-state index is -0.266. The average molecular weight is 264 g/mol. The molecule has 1 aliphatic rings. The third-order valence-corrected chi connectivity index (χ3v) is 4.64. The number of nitrogens with zero attached hydrogens (tertiary/aromatic N) is 1. The highest BCUT2D eigenvalue weighted by atomic mass is 19.1. The lowest BCUT2D eigenvalue weighted by Crippen LogP contribution is -2.42. The fraction of sp³-hybridized carbons (Fsp3) is 0.688. The van der Waals surface area contributed by atoms with Gasteiger partial charge in [-0.1, -0.05) is 33.6 Å². The normalized spacial score (nSPS) is 29.2. The molecule has 0 saturated heterocycles. The Morgan fingerprint density at radius 3 is 2.79 bits per heavy atom. The lowest BCUT2D eigenvalue weighted by molar-refractivity contribution is 0.191. The van der Waals surface area contributed by atoms with Crippen molar-refractivity contribution in [3.63, 3.8) is 0 Å². The summed E-state index contributed by atoms with van der Waals surface area (Å²) in [6.45, 7) is 6.83. The van der Waals surface area contributed by atoms with Crippen LogP contribution in [0.4, 0.5) is 4.39 Å². The molecular formula is C16H25FN2. The van der Waals surface area contributed by atoms with E-state index in [1.54, 1.807) is 6.07 Å². The predicted octanol–water partition coefficient (Wildman–Crippen LogP) is 4.09. The predicted molar refractivity (Wildman–Crippen MR) is 76.3 cm³/mol. The number of rotatable bonds is 4. The van der Waals surface area contributed by atoms with E-state index in [9.17, 15) is 4.39 Å². The average Bonchev–Trinajstić information content (AvgIpc) is 2.42. The summed E-state index contributed by atoms with van der Waals surface area (Å²) >= 11 is 0. The molecule has 106 valence electrons. The summed E-state index contributed by atoms with van der Waals surface area (Å²) in [5.74, 6) is 1.21. The Kier molecular flexibility index (Phi) is 4.92. The number of pyridine rings is 1. The topological polar surface area (TPSA) is 24.9 Å². The van der Waals surface area contributed by atoms with Crippen molar-refractivity contribution in [1.82, 2.24) is 10.3 Å². The first-order valence-electron chi connectivity index (χ1n) is 7.49. The van der Waals surface area contributed by atoms with Crippen LogP contribution in [0, 0.1) is 17.7 Å². The van der Waals surface area contributed by atoms with Gasteiger partial charge >= 0.3 is 0 Å². The zero-order valence-corrected chi connectivity index (χ0v) is 12.2. The standard InChI is InChI=1S/C16H25FN2/c1-4-14(16-9-8-13(17)10-18-16)19-15-7-5-6-11(2)12(15)3/h8-12,14-15,19H,4-7H2,1-3H3. The number of hydrogen-bond acceptors (Lipinski definition) is 2. The molecule has 1 aromatic heterocycles. The van der Waals surface area contributed by atoms with E-state index < -0.39 is 0 Å². The van der Waals surface area contributed by atoms with Crippen molar-refractivity contribution >= 4 is 0 Å². The molecule has 4 unspecified atom stereocenters. The monoisotopic (exact) mass is 264 g/mol. The molecule has 0 radical (unpaired) electrons. The smallest absolute Gasteiger partial charge is 0.141 e. The number of hydrogen-bond donors (Lipinski definition) is 1. The van der Waals surface area contributed by atoms with E-state index in [4.69, 9.17) is 0 Å². The van der Waals surface area contributed by atoms with Crippen molar-refractivity contribution < 1.29 is 4.39 Å². The van der Waals surface area contributed by atoms with Crippen molar-refractivity contribution in [3.8, 4) is 0 Å². The van der Waals surface area contributed by atoms with Crippen molar-refractivity contribution in [3.05, 3.63) is 29.8 Å². The van der Waals surface area contributed by atoms with Crippen LogP contribution < -0.4 is 5.32 Å². The molecule has 2 rings (SSSR count). The van der Waals surface area contributed by atoms with Gasteiger partial charge in [0.1, 0.15) is 5.82 Å². The molecule has 1 aliphatic carbocycles. The molecule has 19 heavy (non-hydrogen) atoms. The van der Waals surface area contributed by atoms with Crippen LogP contribution in [0.5, 0.6) is 0 Å². The van der Waals surface area contributed by atoms with Crippen molar-refractivity contribution in [2.75, 3.05) is 0 Å². The molecule has 0 aliphatic heterocycles. The van der Waals surface area contributed by atoms with Gasteiger partial charge in [0, 0.05) is 12.1 Å². The molecule has 1 heterocycles. The van der Waals surface area contributed by atoms with Gasteiger partial charge in [-0.2, -0.15) is 0 Å². The minimum Gasteiger partial charge on any atom is -0.306 e. The first kappa shape index (κ1) is 14.4. The Bertz CT molecular complexity index is 390. The maximum Gasteiger partial charge on any atom is 0.141 e. The molecule has 2 nitrogen and oxygen atoms in total. The van der Waals surface area contributed by atoms with Crippen LogP contribution in [0.15, 0.2) is 18.3 Å². The SMILES string of the molecule is CCC(NC1CCCC(C)C1C)c1ccc(F)cn1. The Labute approximate surface area is 115 Å². The van der Waals surface area contributed by atoms with Crippen LogP contribution >= 0.6 is 0 Å². The zero-order chi connectivity index (χ0) is 13.8.